The van der Waals surface area contributed by atoms with Crippen molar-refractivity contribution < 1.29 is 9.90 Å². The molecule has 0 aliphatic carbocycles. The standard InChI is InChI=1S/C19H17NO2/c1-19(10-11-21)15-8-4-3-7-14(15)17-12-13-6-2-5-9-16(13)20(17)18(19)22/h2-9,12,21H,10-11H2,1H3. The van der Waals surface area contributed by atoms with Crippen LogP contribution < -0.4 is 0 Å². The van der Waals surface area contributed by atoms with Gasteiger partial charge in [-0.1, -0.05) is 42.5 Å². The molecule has 3 nitrogen and oxygen atoms in total. The fourth-order valence-electron chi connectivity index (χ4n) is 3.59. The number of hydrogen-bond donors (Lipinski definition) is 1. The highest BCUT2D eigenvalue weighted by Gasteiger charge is 2.42. The van der Waals surface area contributed by atoms with Crippen molar-refractivity contribution >= 4 is 16.8 Å². The summed E-state index contributed by atoms with van der Waals surface area (Å²) in [6.45, 7) is 1.92. The molecule has 3 heteroatoms. The summed E-state index contributed by atoms with van der Waals surface area (Å²) in [6, 6.07) is 18.0. The quantitative estimate of drug-likeness (QED) is 0.784. The van der Waals surface area contributed by atoms with Crippen LogP contribution in [-0.4, -0.2) is 22.2 Å². The fourth-order valence-corrected chi connectivity index (χ4v) is 3.59. The van der Waals surface area contributed by atoms with Crippen LogP contribution in [0.2, 0.25) is 0 Å². The van der Waals surface area contributed by atoms with Crippen LogP contribution >= 0.6 is 0 Å². The van der Waals surface area contributed by atoms with Crippen molar-refractivity contribution in [2.75, 3.05) is 6.61 Å². The smallest absolute Gasteiger partial charge is 0.242 e. The number of nitrogens with zero attached hydrogens (tertiary/aromatic N) is 1. The summed E-state index contributed by atoms with van der Waals surface area (Å²) in [5.41, 5.74) is 3.26. The van der Waals surface area contributed by atoms with Gasteiger partial charge in [-0.25, -0.2) is 0 Å². The molecule has 110 valence electrons. The van der Waals surface area contributed by atoms with Gasteiger partial charge in [0.25, 0.3) is 0 Å². The first-order valence-electron chi connectivity index (χ1n) is 7.53. The summed E-state index contributed by atoms with van der Waals surface area (Å²) in [7, 11) is 0. The average Bonchev–Trinajstić information content (AvgIpc) is 2.93. The number of carbonyl (C=O) groups is 1. The minimum Gasteiger partial charge on any atom is -0.396 e. The molecule has 0 spiro atoms. The molecular weight excluding hydrogens is 274 g/mol. The third-order valence-corrected chi connectivity index (χ3v) is 4.80. The first-order chi connectivity index (χ1) is 10.7. The number of hydrogen-bond acceptors (Lipinski definition) is 2. The zero-order valence-corrected chi connectivity index (χ0v) is 12.4. The zero-order chi connectivity index (χ0) is 15.3. The van der Waals surface area contributed by atoms with Crippen molar-refractivity contribution in [1.29, 1.82) is 0 Å². The second-order valence-corrected chi connectivity index (χ2v) is 6.08. The minimum atomic E-state index is -0.694. The maximum atomic E-state index is 13.2. The number of carbonyl (C=O) groups excluding carboxylic acids is 1. The second-order valence-electron chi connectivity index (χ2n) is 6.08. The Morgan fingerprint density at radius 1 is 1.09 bits per heavy atom. The van der Waals surface area contributed by atoms with Crippen LogP contribution in [0.3, 0.4) is 0 Å². The van der Waals surface area contributed by atoms with E-state index in [1.54, 1.807) is 0 Å². The molecule has 22 heavy (non-hydrogen) atoms. The Kier molecular flexibility index (Phi) is 2.75. The van der Waals surface area contributed by atoms with Gasteiger partial charge in [-0.3, -0.25) is 9.36 Å². The molecule has 0 bridgehead atoms. The van der Waals surface area contributed by atoms with Crippen LogP contribution in [0.1, 0.15) is 23.7 Å². The van der Waals surface area contributed by atoms with Gasteiger partial charge < -0.3 is 5.11 Å². The van der Waals surface area contributed by atoms with Gasteiger partial charge in [0.05, 0.1) is 16.6 Å². The van der Waals surface area contributed by atoms with Gasteiger partial charge in [0, 0.05) is 17.6 Å². The van der Waals surface area contributed by atoms with E-state index in [0.29, 0.717) is 6.42 Å². The Morgan fingerprint density at radius 2 is 1.82 bits per heavy atom. The molecule has 0 fully saturated rings. The first kappa shape index (κ1) is 13.3. The van der Waals surface area contributed by atoms with E-state index in [9.17, 15) is 9.90 Å². The maximum absolute atomic E-state index is 13.2. The number of aliphatic hydroxyl groups is 1. The number of para-hydroxylation sites is 1. The number of aliphatic hydroxyl groups excluding tert-OH is 1. The predicted molar refractivity (Wildman–Crippen MR) is 87.1 cm³/mol. The third kappa shape index (κ3) is 1.57. The van der Waals surface area contributed by atoms with Crippen molar-refractivity contribution in [3.63, 3.8) is 0 Å². The van der Waals surface area contributed by atoms with Crippen molar-refractivity contribution in [3.05, 3.63) is 60.2 Å². The minimum absolute atomic E-state index is 0.00882. The van der Waals surface area contributed by atoms with Crippen LogP contribution in [0.5, 0.6) is 0 Å². The number of fused-ring (bicyclic) bond motifs is 5. The SMILES string of the molecule is CC1(CCO)C(=O)n2c(cc3ccccc32)-c2ccccc21. The third-order valence-electron chi connectivity index (χ3n) is 4.80. The van der Waals surface area contributed by atoms with Gasteiger partial charge in [-0.2, -0.15) is 0 Å². The van der Waals surface area contributed by atoms with Crippen LogP contribution in [0.15, 0.2) is 54.6 Å². The largest absolute Gasteiger partial charge is 0.396 e. The Balaban J connectivity index is 2.12. The highest BCUT2D eigenvalue weighted by molar-refractivity contribution is 6.06. The highest BCUT2D eigenvalue weighted by atomic mass is 16.3. The molecule has 1 atom stereocenters. The van der Waals surface area contributed by atoms with E-state index < -0.39 is 5.41 Å². The van der Waals surface area contributed by atoms with Gasteiger partial charge >= 0.3 is 0 Å². The first-order valence-corrected chi connectivity index (χ1v) is 7.53. The molecule has 1 N–H and O–H groups in total. The summed E-state index contributed by atoms with van der Waals surface area (Å²) in [6.07, 6.45) is 0.425. The average molecular weight is 291 g/mol. The zero-order valence-electron chi connectivity index (χ0n) is 12.4. The fraction of sp³-hybridized carbons (Fsp3) is 0.211. The van der Waals surface area contributed by atoms with Gasteiger partial charge in [-0.15, -0.1) is 0 Å². The van der Waals surface area contributed by atoms with E-state index in [1.165, 1.54) is 0 Å². The summed E-state index contributed by atoms with van der Waals surface area (Å²) in [5, 5.41) is 10.5. The van der Waals surface area contributed by atoms with Crippen LogP contribution in [0.4, 0.5) is 0 Å². The topological polar surface area (TPSA) is 42.2 Å². The number of rotatable bonds is 2. The molecule has 0 saturated carbocycles. The molecule has 2 aromatic carbocycles. The molecule has 0 amide bonds. The number of benzene rings is 2. The predicted octanol–water partition coefficient (Wildman–Crippen LogP) is 3.60. The molecule has 1 aliphatic rings. The Labute approximate surface area is 128 Å². The van der Waals surface area contributed by atoms with Crippen molar-refractivity contribution in [2.24, 2.45) is 0 Å². The molecule has 0 radical (unpaired) electrons. The monoisotopic (exact) mass is 291 g/mol. The summed E-state index contributed by atoms with van der Waals surface area (Å²) < 4.78 is 1.81. The molecule has 1 unspecified atom stereocenters. The second kappa shape index (κ2) is 4.55. The molecular formula is C19H17NO2. The van der Waals surface area contributed by atoms with Gasteiger partial charge in [0.1, 0.15) is 0 Å². The normalized spacial score (nSPS) is 20.0. The van der Waals surface area contributed by atoms with Crippen LogP contribution in [0.25, 0.3) is 22.2 Å². The summed E-state index contributed by atoms with van der Waals surface area (Å²) >= 11 is 0. The number of aromatic nitrogens is 1. The summed E-state index contributed by atoms with van der Waals surface area (Å²) in [5.74, 6) is 0.0384. The van der Waals surface area contributed by atoms with Crippen LogP contribution in [-0.2, 0) is 5.41 Å². The molecule has 1 aromatic heterocycles. The maximum Gasteiger partial charge on any atom is 0.242 e. The Hall–Kier alpha value is -2.39. The molecule has 1 aliphatic heterocycles. The molecule has 0 saturated heterocycles. The molecule has 2 heterocycles. The van der Waals surface area contributed by atoms with E-state index in [0.717, 1.165) is 27.7 Å². The Morgan fingerprint density at radius 3 is 2.64 bits per heavy atom. The van der Waals surface area contributed by atoms with E-state index in [1.807, 2.05) is 54.0 Å². The van der Waals surface area contributed by atoms with Crippen molar-refractivity contribution in [3.8, 4) is 11.3 Å². The van der Waals surface area contributed by atoms with Crippen molar-refractivity contribution in [1.82, 2.24) is 4.57 Å². The van der Waals surface area contributed by atoms with E-state index in [2.05, 4.69) is 12.1 Å². The van der Waals surface area contributed by atoms with E-state index in [-0.39, 0.29) is 12.5 Å². The van der Waals surface area contributed by atoms with Crippen LogP contribution in [0, 0.1) is 0 Å². The summed E-state index contributed by atoms with van der Waals surface area (Å²) in [4.78, 5) is 13.2. The van der Waals surface area contributed by atoms with E-state index >= 15 is 0 Å². The van der Waals surface area contributed by atoms with E-state index in [4.69, 9.17) is 0 Å². The van der Waals surface area contributed by atoms with Gasteiger partial charge in [0.2, 0.25) is 5.91 Å². The van der Waals surface area contributed by atoms with Gasteiger partial charge in [0.15, 0.2) is 0 Å². The Bertz CT molecular complexity index is 893. The molecule has 4 rings (SSSR count). The van der Waals surface area contributed by atoms with Crippen molar-refractivity contribution in [2.45, 2.75) is 18.8 Å². The lowest BCUT2D eigenvalue weighted by Crippen LogP contribution is -2.41. The van der Waals surface area contributed by atoms with Gasteiger partial charge in [-0.05, 0) is 31.0 Å². The molecule has 3 aromatic rings. The lowest BCUT2D eigenvalue weighted by Gasteiger charge is -2.35. The lowest BCUT2D eigenvalue weighted by atomic mass is 9.74. The lowest BCUT2D eigenvalue weighted by molar-refractivity contribution is 0.0779. The highest BCUT2D eigenvalue weighted by Crippen LogP contribution is 2.44.